The molecular weight excluding hydrogens is 246 g/mol. The Morgan fingerprint density at radius 3 is 2.75 bits per heavy atom. The number of nitrogens with zero attached hydrogens (tertiary/aromatic N) is 1. The van der Waals surface area contributed by atoms with Gasteiger partial charge in [0.1, 0.15) is 12.8 Å². The van der Waals surface area contributed by atoms with E-state index < -0.39 is 0 Å². The van der Waals surface area contributed by atoms with Crippen molar-refractivity contribution in [3.05, 3.63) is 36.4 Å². The van der Waals surface area contributed by atoms with Crippen LogP contribution < -0.4 is 4.74 Å². The second-order valence-corrected chi connectivity index (χ2v) is 6.08. The topological polar surface area (TPSA) is 12.2 Å². The summed E-state index contributed by atoms with van der Waals surface area (Å²) in [5.41, 5.74) is 4.13. The van der Waals surface area contributed by atoms with Gasteiger partial charge in [-0.25, -0.2) is 4.58 Å². The van der Waals surface area contributed by atoms with Gasteiger partial charge in [0.25, 0.3) is 0 Å². The largest absolute Gasteiger partial charge is 0.494 e. The molecule has 0 atom stereocenters. The fourth-order valence-electron chi connectivity index (χ4n) is 2.77. The summed E-state index contributed by atoms with van der Waals surface area (Å²) >= 11 is 0. The van der Waals surface area contributed by atoms with E-state index in [1.165, 1.54) is 17.0 Å². The maximum Gasteiger partial charge on any atom is 0.209 e. The lowest BCUT2D eigenvalue weighted by Crippen LogP contribution is -2.25. The van der Waals surface area contributed by atoms with Crippen molar-refractivity contribution in [3.8, 4) is 5.75 Å². The Morgan fingerprint density at radius 1 is 1.30 bits per heavy atom. The molecule has 1 aliphatic heterocycles. The second kappa shape index (κ2) is 5.82. The van der Waals surface area contributed by atoms with Gasteiger partial charge in [-0.15, -0.1) is 6.58 Å². The van der Waals surface area contributed by atoms with Gasteiger partial charge in [-0.2, -0.15) is 0 Å². The second-order valence-electron chi connectivity index (χ2n) is 6.08. The third-order valence-electron chi connectivity index (χ3n) is 4.48. The van der Waals surface area contributed by atoms with Gasteiger partial charge in [-0.1, -0.05) is 6.08 Å². The maximum absolute atomic E-state index is 5.88. The normalized spacial score (nSPS) is 16.2. The van der Waals surface area contributed by atoms with Gasteiger partial charge in [0.2, 0.25) is 5.69 Å². The molecule has 1 heterocycles. The Balaban J connectivity index is 2.07. The number of rotatable bonds is 6. The number of fused-ring (bicyclic) bond motifs is 1. The van der Waals surface area contributed by atoms with Crippen LogP contribution in [0, 0.1) is 0 Å². The molecule has 20 heavy (non-hydrogen) atoms. The molecule has 0 unspecified atom stereocenters. The number of ether oxygens (including phenoxy) is 1. The third-order valence-corrected chi connectivity index (χ3v) is 4.48. The Bertz CT molecular complexity index is 540. The zero-order valence-electron chi connectivity index (χ0n) is 13.2. The number of hydrogen-bond donors (Lipinski definition) is 0. The van der Waals surface area contributed by atoms with Crippen molar-refractivity contribution in [1.82, 2.24) is 0 Å². The SMILES string of the molecule is C=CCCCCOc1ccc2c(c1)C(C)(C)C(C)=[N+]2C. The monoisotopic (exact) mass is 272 g/mol. The van der Waals surface area contributed by atoms with Gasteiger partial charge < -0.3 is 4.74 Å². The first-order valence-corrected chi connectivity index (χ1v) is 7.44. The Hall–Kier alpha value is -1.57. The molecule has 2 rings (SSSR count). The molecule has 108 valence electrons. The highest BCUT2D eigenvalue weighted by molar-refractivity contribution is 5.93. The van der Waals surface area contributed by atoms with Crippen molar-refractivity contribution >= 4 is 11.4 Å². The fourth-order valence-corrected chi connectivity index (χ4v) is 2.77. The van der Waals surface area contributed by atoms with Crippen LogP contribution in [0.4, 0.5) is 5.69 Å². The van der Waals surface area contributed by atoms with Crippen LogP contribution in [-0.4, -0.2) is 23.9 Å². The highest BCUT2D eigenvalue weighted by atomic mass is 16.5. The van der Waals surface area contributed by atoms with Crippen molar-refractivity contribution in [3.63, 3.8) is 0 Å². The lowest BCUT2D eigenvalue weighted by Gasteiger charge is -2.16. The summed E-state index contributed by atoms with van der Waals surface area (Å²) in [5.74, 6) is 0.985. The molecule has 0 aromatic heterocycles. The number of hydrogen-bond acceptors (Lipinski definition) is 1. The van der Waals surface area contributed by atoms with Crippen LogP contribution in [0.2, 0.25) is 0 Å². The van der Waals surface area contributed by atoms with Crippen LogP contribution in [0.3, 0.4) is 0 Å². The van der Waals surface area contributed by atoms with Crippen LogP contribution in [0.15, 0.2) is 30.9 Å². The van der Waals surface area contributed by atoms with E-state index in [4.69, 9.17) is 4.74 Å². The van der Waals surface area contributed by atoms with E-state index in [0.29, 0.717) is 0 Å². The lowest BCUT2D eigenvalue weighted by molar-refractivity contribution is -0.403. The average molecular weight is 272 g/mol. The van der Waals surface area contributed by atoms with E-state index in [1.807, 2.05) is 6.08 Å². The molecule has 0 bridgehead atoms. The van der Waals surface area contributed by atoms with E-state index in [0.717, 1.165) is 31.6 Å². The van der Waals surface area contributed by atoms with Gasteiger partial charge in [0, 0.05) is 18.6 Å². The van der Waals surface area contributed by atoms with Crippen molar-refractivity contribution in [2.75, 3.05) is 13.7 Å². The zero-order valence-corrected chi connectivity index (χ0v) is 13.2. The van der Waals surface area contributed by atoms with Crippen LogP contribution in [0.5, 0.6) is 5.75 Å². The van der Waals surface area contributed by atoms with E-state index in [9.17, 15) is 0 Å². The molecule has 1 aromatic carbocycles. The van der Waals surface area contributed by atoms with Crippen molar-refractivity contribution in [2.45, 2.75) is 45.4 Å². The molecule has 2 nitrogen and oxygen atoms in total. The highest BCUT2D eigenvalue weighted by Gasteiger charge is 2.41. The first kappa shape index (κ1) is 14.8. The Kier molecular flexibility index (Phi) is 4.32. The number of allylic oxidation sites excluding steroid dienone is 1. The zero-order chi connectivity index (χ0) is 14.8. The lowest BCUT2D eigenvalue weighted by atomic mass is 9.82. The van der Waals surface area contributed by atoms with Gasteiger partial charge in [-0.05, 0) is 45.2 Å². The molecule has 0 amide bonds. The van der Waals surface area contributed by atoms with Gasteiger partial charge >= 0.3 is 0 Å². The minimum absolute atomic E-state index is 0.0896. The molecule has 0 saturated heterocycles. The maximum atomic E-state index is 5.88. The van der Waals surface area contributed by atoms with Crippen LogP contribution in [0.1, 0.15) is 45.6 Å². The first-order valence-electron chi connectivity index (χ1n) is 7.44. The molecule has 1 aromatic rings. The molecule has 1 aliphatic rings. The van der Waals surface area contributed by atoms with Crippen molar-refractivity contribution in [1.29, 1.82) is 0 Å². The van der Waals surface area contributed by atoms with Crippen molar-refractivity contribution < 1.29 is 9.31 Å². The summed E-state index contributed by atoms with van der Waals surface area (Å²) in [6.45, 7) is 11.3. The Labute approximate surface area is 122 Å². The molecule has 0 fully saturated rings. The summed E-state index contributed by atoms with van der Waals surface area (Å²) in [4.78, 5) is 0. The van der Waals surface area contributed by atoms with E-state index in [2.05, 4.69) is 57.2 Å². The average Bonchev–Trinajstić information content (AvgIpc) is 2.60. The minimum atomic E-state index is 0.0896. The summed E-state index contributed by atoms with van der Waals surface area (Å²) in [7, 11) is 2.14. The van der Waals surface area contributed by atoms with E-state index >= 15 is 0 Å². The first-order chi connectivity index (χ1) is 9.48. The standard InChI is InChI=1S/C18H26NO/c1-6-7-8-9-12-20-15-10-11-17-16(13-15)18(3,4)14(2)19(17)5/h6,10-11,13H,1,7-9,12H2,2-5H3/q+1. The molecule has 0 radical (unpaired) electrons. The van der Waals surface area contributed by atoms with Crippen molar-refractivity contribution in [2.24, 2.45) is 0 Å². The summed E-state index contributed by atoms with van der Waals surface area (Å²) in [6, 6.07) is 6.46. The number of benzene rings is 1. The summed E-state index contributed by atoms with van der Waals surface area (Å²) in [5, 5.41) is 0. The molecule has 0 aliphatic carbocycles. The minimum Gasteiger partial charge on any atom is -0.494 e. The predicted octanol–water partition coefficient (Wildman–Crippen LogP) is 4.45. The smallest absolute Gasteiger partial charge is 0.209 e. The van der Waals surface area contributed by atoms with E-state index in [1.54, 1.807) is 0 Å². The van der Waals surface area contributed by atoms with E-state index in [-0.39, 0.29) is 5.41 Å². The molecule has 0 spiro atoms. The quantitative estimate of drug-likeness (QED) is 0.423. The van der Waals surface area contributed by atoms with Crippen LogP contribution in [0.25, 0.3) is 0 Å². The predicted molar refractivity (Wildman–Crippen MR) is 85.5 cm³/mol. The molecule has 2 heteroatoms. The van der Waals surface area contributed by atoms with Gasteiger partial charge in [0.15, 0.2) is 5.71 Å². The van der Waals surface area contributed by atoms with Gasteiger partial charge in [0.05, 0.1) is 12.0 Å². The fraction of sp³-hybridized carbons (Fsp3) is 0.500. The highest BCUT2D eigenvalue weighted by Crippen LogP contribution is 2.40. The summed E-state index contributed by atoms with van der Waals surface area (Å²) < 4.78 is 8.16. The van der Waals surface area contributed by atoms with Crippen LogP contribution in [-0.2, 0) is 5.41 Å². The Morgan fingerprint density at radius 2 is 2.05 bits per heavy atom. The summed E-state index contributed by atoms with van der Waals surface area (Å²) in [6.07, 6.45) is 5.26. The third kappa shape index (κ3) is 2.65. The number of unbranched alkanes of at least 4 members (excludes halogenated alkanes) is 2. The van der Waals surface area contributed by atoms with Crippen LogP contribution >= 0.6 is 0 Å². The molecule has 0 N–H and O–H groups in total. The van der Waals surface area contributed by atoms with Gasteiger partial charge in [-0.3, -0.25) is 0 Å². The molecular formula is C18H26NO+. The molecule has 0 saturated carbocycles.